The molecule has 0 spiro atoms. The molecule has 0 saturated carbocycles. The number of hydrogen-bond donors (Lipinski definition) is 1. The molecular formula is C9H15N3OS. The van der Waals surface area contributed by atoms with Crippen LogP contribution in [-0.4, -0.2) is 29.9 Å². The first-order chi connectivity index (χ1) is 6.43. The maximum Gasteiger partial charge on any atom is 0.273 e. The summed E-state index contributed by atoms with van der Waals surface area (Å²) in [6, 6.07) is 0. The summed E-state index contributed by atoms with van der Waals surface area (Å²) in [5.74, 6) is 0.199. The number of carbonyl (C=O) groups excluding carboxylic acids is 1. The molecule has 0 bridgehead atoms. The highest BCUT2D eigenvalue weighted by atomic mass is 32.1. The molecule has 0 aromatic carbocycles. The van der Waals surface area contributed by atoms with Gasteiger partial charge in [0.1, 0.15) is 5.69 Å². The van der Waals surface area contributed by atoms with Crippen LogP contribution in [-0.2, 0) is 0 Å². The van der Waals surface area contributed by atoms with Gasteiger partial charge >= 0.3 is 0 Å². The topological polar surface area (TPSA) is 59.2 Å². The molecule has 1 rings (SSSR count). The summed E-state index contributed by atoms with van der Waals surface area (Å²) in [6.07, 6.45) is 0. The van der Waals surface area contributed by atoms with Gasteiger partial charge in [0.15, 0.2) is 5.13 Å². The number of nitrogens with zero attached hydrogens (tertiary/aromatic N) is 2. The van der Waals surface area contributed by atoms with Crippen molar-refractivity contribution in [3.8, 4) is 0 Å². The number of hydrogen-bond acceptors (Lipinski definition) is 4. The molecule has 0 fully saturated rings. The van der Waals surface area contributed by atoms with E-state index in [1.165, 1.54) is 16.2 Å². The van der Waals surface area contributed by atoms with Crippen molar-refractivity contribution < 1.29 is 4.79 Å². The number of thiazole rings is 1. The van der Waals surface area contributed by atoms with Gasteiger partial charge in [-0.2, -0.15) is 0 Å². The molecule has 0 radical (unpaired) electrons. The number of amides is 1. The Hall–Kier alpha value is -1.10. The summed E-state index contributed by atoms with van der Waals surface area (Å²) in [5, 5.41) is 0.457. The zero-order valence-corrected chi connectivity index (χ0v) is 9.68. The molecule has 2 N–H and O–H groups in total. The lowest BCUT2D eigenvalue weighted by molar-refractivity contribution is 0.0821. The predicted octanol–water partition coefficient (Wildman–Crippen LogP) is 1.55. The van der Waals surface area contributed by atoms with Crippen LogP contribution in [0.5, 0.6) is 0 Å². The Morgan fingerprint density at radius 1 is 1.50 bits per heavy atom. The Kier molecular flexibility index (Phi) is 3.10. The van der Waals surface area contributed by atoms with Gasteiger partial charge in [-0.3, -0.25) is 4.79 Å². The van der Waals surface area contributed by atoms with E-state index in [0.29, 0.717) is 10.8 Å². The molecule has 78 valence electrons. The Labute approximate surface area is 87.7 Å². The molecule has 14 heavy (non-hydrogen) atoms. The summed E-state index contributed by atoms with van der Waals surface area (Å²) in [7, 11) is 3.42. The molecule has 0 saturated heterocycles. The van der Waals surface area contributed by atoms with Gasteiger partial charge in [0, 0.05) is 19.0 Å². The second-order valence-corrected chi connectivity index (χ2v) is 4.68. The Bertz CT molecular complexity index is 344. The number of nitrogen functional groups attached to an aromatic ring is 1. The first-order valence-corrected chi connectivity index (χ1v) is 5.23. The monoisotopic (exact) mass is 213 g/mol. The van der Waals surface area contributed by atoms with E-state index in [-0.39, 0.29) is 11.8 Å². The van der Waals surface area contributed by atoms with Gasteiger partial charge in [0.2, 0.25) is 0 Å². The maximum absolute atomic E-state index is 11.7. The normalized spacial score (nSPS) is 10.6. The van der Waals surface area contributed by atoms with E-state index in [4.69, 9.17) is 5.73 Å². The Morgan fingerprint density at radius 2 is 2.07 bits per heavy atom. The molecule has 0 aliphatic carbocycles. The fourth-order valence-electron chi connectivity index (χ4n) is 1.11. The van der Waals surface area contributed by atoms with Crippen molar-refractivity contribution in [2.75, 3.05) is 19.8 Å². The molecule has 4 nitrogen and oxygen atoms in total. The number of anilines is 1. The molecule has 1 aromatic heterocycles. The van der Waals surface area contributed by atoms with Gasteiger partial charge < -0.3 is 10.6 Å². The van der Waals surface area contributed by atoms with E-state index in [0.717, 1.165) is 4.88 Å². The average molecular weight is 213 g/mol. The molecule has 5 heteroatoms. The van der Waals surface area contributed by atoms with E-state index in [1.807, 2.05) is 13.8 Å². The zero-order valence-electron chi connectivity index (χ0n) is 8.87. The van der Waals surface area contributed by atoms with Crippen LogP contribution in [0.4, 0.5) is 5.13 Å². The lowest BCUT2D eigenvalue weighted by Gasteiger charge is -2.10. The van der Waals surface area contributed by atoms with Gasteiger partial charge in [-0.1, -0.05) is 13.8 Å². The van der Waals surface area contributed by atoms with Crippen LogP contribution in [0, 0.1) is 0 Å². The minimum absolute atomic E-state index is 0.0818. The number of carbonyl (C=O) groups is 1. The van der Waals surface area contributed by atoms with Gasteiger partial charge in [0.25, 0.3) is 5.91 Å². The van der Waals surface area contributed by atoms with Crippen molar-refractivity contribution in [2.45, 2.75) is 19.8 Å². The van der Waals surface area contributed by atoms with E-state index in [9.17, 15) is 4.79 Å². The molecular weight excluding hydrogens is 198 g/mol. The molecule has 0 atom stereocenters. The summed E-state index contributed by atoms with van der Waals surface area (Å²) in [4.78, 5) is 18.2. The molecule has 1 heterocycles. The fourth-order valence-corrected chi connectivity index (χ4v) is 1.93. The quantitative estimate of drug-likeness (QED) is 0.811. The highest BCUT2D eigenvalue weighted by Crippen LogP contribution is 2.28. The summed E-state index contributed by atoms with van der Waals surface area (Å²) in [5.41, 5.74) is 6.08. The van der Waals surface area contributed by atoms with Gasteiger partial charge in [-0.15, -0.1) is 11.3 Å². The number of aromatic nitrogens is 1. The van der Waals surface area contributed by atoms with Gasteiger partial charge in [-0.05, 0) is 5.92 Å². The Balaban J connectivity index is 3.13. The second kappa shape index (κ2) is 3.96. The van der Waals surface area contributed by atoms with Gasteiger partial charge in [-0.25, -0.2) is 4.98 Å². The van der Waals surface area contributed by atoms with Crippen molar-refractivity contribution in [1.29, 1.82) is 0 Å². The average Bonchev–Trinajstić information content (AvgIpc) is 2.45. The first kappa shape index (κ1) is 11.0. The minimum atomic E-state index is -0.0818. The van der Waals surface area contributed by atoms with Crippen LogP contribution in [0.3, 0.4) is 0 Å². The first-order valence-electron chi connectivity index (χ1n) is 4.41. The van der Waals surface area contributed by atoms with Crippen LogP contribution in [0.25, 0.3) is 0 Å². The largest absolute Gasteiger partial charge is 0.375 e. The van der Waals surface area contributed by atoms with E-state index >= 15 is 0 Å². The van der Waals surface area contributed by atoms with Crippen molar-refractivity contribution in [2.24, 2.45) is 0 Å². The molecule has 0 aliphatic rings. The van der Waals surface area contributed by atoms with Crippen LogP contribution < -0.4 is 5.73 Å². The van der Waals surface area contributed by atoms with Crippen molar-refractivity contribution in [3.63, 3.8) is 0 Å². The van der Waals surface area contributed by atoms with E-state index < -0.39 is 0 Å². The standard InChI is InChI=1S/C9H15N3OS/c1-5(2)7-6(8(13)12(3)4)11-9(10)14-7/h5H,1-4H3,(H2,10,11). The fraction of sp³-hybridized carbons (Fsp3) is 0.556. The van der Waals surface area contributed by atoms with Crippen LogP contribution in [0.15, 0.2) is 0 Å². The highest BCUT2D eigenvalue weighted by Gasteiger charge is 2.20. The lowest BCUT2D eigenvalue weighted by atomic mass is 10.1. The zero-order chi connectivity index (χ0) is 10.9. The third-order valence-electron chi connectivity index (χ3n) is 1.80. The van der Waals surface area contributed by atoms with Crippen molar-refractivity contribution in [1.82, 2.24) is 9.88 Å². The maximum atomic E-state index is 11.7. The third-order valence-corrected chi connectivity index (χ3v) is 2.99. The Morgan fingerprint density at radius 3 is 2.50 bits per heavy atom. The van der Waals surface area contributed by atoms with Crippen LogP contribution in [0.2, 0.25) is 0 Å². The van der Waals surface area contributed by atoms with Crippen molar-refractivity contribution in [3.05, 3.63) is 10.6 Å². The summed E-state index contributed by atoms with van der Waals surface area (Å²) in [6.45, 7) is 4.05. The number of nitrogens with two attached hydrogens (primary N) is 1. The highest BCUT2D eigenvalue weighted by molar-refractivity contribution is 7.15. The summed E-state index contributed by atoms with van der Waals surface area (Å²) >= 11 is 1.39. The van der Waals surface area contributed by atoms with E-state index in [2.05, 4.69) is 4.98 Å². The molecule has 0 aliphatic heterocycles. The minimum Gasteiger partial charge on any atom is -0.375 e. The SMILES string of the molecule is CC(C)c1sc(N)nc1C(=O)N(C)C. The van der Waals surface area contributed by atoms with Crippen LogP contribution in [0.1, 0.15) is 35.1 Å². The number of rotatable bonds is 2. The van der Waals surface area contributed by atoms with Crippen molar-refractivity contribution >= 4 is 22.4 Å². The van der Waals surface area contributed by atoms with E-state index in [1.54, 1.807) is 14.1 Å². The van der Waals surface area contributed by atoms with Crippen LogP contribution >= 0.6 is 11.3 Å². The smallest absolute Gasteiger partial charge is 0.273 e. The van der Waals surface area contributed by atoms with Gasteiger partial charge in [0.05, 0.1) is 0 Å². The third kappa shape index (κ3) is 2.04. The molecule has 1 amide bonds. The lowest BCUT2D eigenvalue weighted by Crippen LogP contribution is -2.23. The summed E-state index contributed by atoms with van der Waals surface area (Å²) < 4.78 is 0. The molecule has 0 unspecified atom stereocenters. The second-order valence-electron chi connectivity index (χ2n) is 3.62. The molecule has 1 aromatic rings. The predicted molar refractivity (Wildman–Crippen MR) is 58.6 cm³/mol.